The van der Waals surface area contributed by atoms with E-state index >= 15 is 0 Å². The minimum absolute atomic E-state index is 0.00279. The topological polar surface area (TPSA) is 99.6 Å². The van der Waals surface area contributed by atoms with E-state index in [4.69, 9.17) is 0 Å². The molecule has 0 spiro atoms. The van der Waals surface area contributed by atoms with Crippen LogP contribution in [0.15, 0.2) is 60.0 Å². The first-order valence-corrected chi connectivity index (χ1v) is 8.93. The average Bonchev–Trinajstić information content (AvgIpc) is 3.27. The Morgan fingerprint density at radius 1 is 1.32 bits per heavy atom. The number of hydrogen-bond acceptors (Lipinski definition) is 4. The van der Waals surface area contributed by atoms with E-state index in [1.807, 2.05) is 18.2 Å². The van der Waals surface area contributed by atoms with Gasteiger partial charge in [-0.1, -0.05) is 24.3 Å². The van der Waals surface area contributed by atoms with Gasteiger partial charge in [-0.15, -0.1) is 6.58 Å². The Morgan fingerprint density at radius 2 is 2.11 bits per heavy atom. The van der Waals surface area contributed by atoms with Crippen molar-refractivity contribution in [3.05, 3.63) is 76.9 Å². The lowest BCUT2D eigenvalue weighted by Crippen LogP contribution is -2.25. The van der Waals surface area contributed by atoms with Crippen molar-refractivity contribution in [2.45, 2.75) is 12.3 Å². The van der Waals surface area contributed by atoms with E-state index in [0.29, 0.717) is 24.5 Å². The third-order valence-electron chi connectivity index (χ3n) is 4.78. The Labute approximate surface area is 160 Å². The number of para-hydroxylation sites is 1. The fourth-order valence-electron chi connectivity index (χ4n) is 3.40. The van der Waals surface area contributed by atoms with Crippen LogP contribution >= 0.6 is 0 Å². The number of H-pyrrole nitrogens is 1. The van der Waals surface area contributed by atoms with Crippen LogP contribution < -0.4 is 10.9 Å². The Bertz CT molecular complexity index is 1120. The molecule has 1 aliphatic heterocycles. The lowest BCUT2D eigenvalue weighted by Gasteiger charge is -2.13. The number of aromatic nitrogens is 3. The molecule has 28 heavy (non-hydrogen) atoms. The maximum absolute atomic E-state index is 12.7. The second-order valence-corrected chi connectivity index (χ2v) is 6.67. The average molecular weight is 377 g/mol. The molecule has 3 aromatic rings. The van der Waals surface area contributed by atoms with Gasteiger partial charge in [0.25, 0.3) is 11.5 Å². The number of aromatic amines is 1. The molecule has 1 aromatic carbocycles. The van der Waals surface area contributed by atoms with Crippen LogP contribution in [-0.2, 0) is 4.79 Å². The van der Waals surface area contributed by atoms with Gasteiger partial charge < -0.3 is 10.2 Å². The molecule has 1 fully saturated rings. The molecular formula is C20H19N5O3. The Hall–Kier alpha value is -3.68. The number of likely N-dealkylation sites (tertiary alicyclic amines) is 1. The molecule has 0 saturated carbocycles. The fourth-order valence-corrected chi connectivity index (χ4v) is 3.40. The zero-order chi connectivity index (χ0) is 19.7. The van der Waals surface area contributed by atoms with Crippen molar-refractivity contribution < 1.29 is 9.59 Å². The second-order valence-electron chi connectivity index (χ2n) is 6.67. The zero-order valence-electron chi connectivity index (χ0n) is 15.1. The molecule has 8 heteroatoms. The number of nitrogens with zero attached hydrogens (tertiary/aromatic N) is 3. The largest absolute Gasteiger partial charge is 0.338 e. The molecule has 4 rings (SSSR count). The van der Waals surface area contributed by atoms with Crippen LogP contribution in [0.4, 0.5) is 5.69 Å². The molecule has 8 nitrogen and oxygen atoms in total. The summed E-state index contributed by atoms with van der Waals surface area (Å²) in [4.78, 5) is 43.5. The lowest BCUT2D eigenvalue weighted by atomic mass is 10.0. The maximum Gasteiger partial charge on any atom is 0.272 e. The highest BCUT2D eigenvalue weighted by Gasteiger charge is 2.31. The van der Waals surface area contributed by atoms with Crippen molar-refractivity contribution in [2.75, 3.05) is 18.4 Å². The molecule has 1 atom stereocenters. The maximum atomic E-state index is 12.7. The second kappa shape index (κ2) is 7.15. The minimum atomic E-state index is -0.371. The van der Waals surface area contributed by atoms with E-state index in [9.17, 15) is 14.4 Å². The monoisotopic (exact) mass is 377 g/mol. The fraction of sp³-hybridized carbons (Fsp3) is 0.200. The lowest BCUT2D eigenvalue weighted by molar-refractivity contribution is -0.127. The summed E-state index contributed by atoms with van der Waals surface area (Å²) in [6.07, 6.45) is 3.41. The van der Waals surface area contributed by atoms with Crippen molar-refractivity contribution >= 4 is 23.1 Å². The molecule has 1 aliphatic rings. The van der Waals surface area contributed by atoms with Crippen molar-refractivity contribution in [3.8, 4) is 0 Å². The van der Waals surface area contributed by atoms with Crippen LogP contribution in [0.5, 0.6) is 0 Å². The van der Waals surface area contributed by atoms with Gasteiger partial charge in [0.15, 0.2) is 5.65 Å². The number of fused-ring (bicyclic) bond motifs is 1. The Balaban J connectivity index is 1.67. The van der Waals surface area contributed by atoms with Gasteiger partial charge in [0.05, 0.1) is 5.69 Å². The van der Waals surface area contributed by atoms with Crippen LogP contribution in [0.1, 0.15) is 28.4 Å². The predicted molar refractivity (Wildman–Crippen MR) is 104 cm³/mol. The van der Waals surface area contributed by atoms with E-state index in [2.05, 4.69) is 22.0 Å². The molecule has 2 amide bonds. The Kier molecular flexibility index (Phi) is 4.52. The van der Waals surface area contributed by atoms with Crippen LogP contribution in [-0.4, -0.2) is 44.4 Å². The third kappa shape index (κ3) is 3.20. The number of rotatable bonds is 5. The summed E-state index contributed by atoms with van der Waals surface area (Å²) in [5, 5.41) is 5.56. The van der Waals surface area contributed by atoms with Crippen LogP contribution in [0.2, 0.25) is 0 Å². The first kappa shape index (κ1) is 17.7. The molecule has 0 radical (unpaired) electrons. The standard InChI is InChI=1S/C20H19N5O3/c1-2-8-24-12-13(9-17(24)26)16-10-18(27)25-19(23-16)15(11-21-25)20(28)22-14-6-4-3-5-7-14/h2-7,10-11,13,21H,1,8-9,12H2,(H,22,28). The highest BCUT2D eigenvalue weighted by atomic mass is 16.2. The van der Waals surface area contributed by atoms with E-state index in [0.717, 1.165) is 0 Å². The minimum Gasteiger partial charge on any atom is -0.338 e. The zero-order valence-corrected chi connectivity index (χ0v) is 15.1. The number of hydrogen-bond donors (Lipinski definition) is 2. The molecule has 1 unspecified atom stereocenters. The van der Waals surface area contributed by atoms with Crippen LogP contribution in [0.25, 0.3) is 5.65 Å². The molecular weight excluding hydrogens is 358 g/mol. The molecule has 0 aliphatic carbocycles. The van der Waals surface area contributed by atoms with E-state index in [1.165, 1.54) is 16.8 Å². The van der Waals surface area contributed by atoms with Crippen LogP contribution in [0.3, 0.4) is 0 Å². The normalized spacial score (nSPS) is 16.5. The number of anilines is 1. The molecule has 1 saturated heterocycles. The van der Waals surface area contributed by atoms with Crippen molar-refractivity contribution in [3.63, 3.8) is 0 Å². The summed E-state index contributed by atoms with van der Waals surface area (Å²) in [7, 11) is 0. The van der Waals surface area contributed by atoms with Crippen molar-refractivity contribution in [2.24, 2.45) is 0 Å². The number of benzene rings is 1. The first-order valence-electron chi connectivity index (χ1n) is 8.93. The molecule has 0 bridgehead atoms. The summed E-state index contributed by atoms with van der Waals surface area (Å²) in [5.41, 5.74) is 1.33. The summed E-state index contributed by atoms with van der Waals surface area (Å²) < 4.78 is 1.22. The molecule has 2 N–H and O–H groups in total. The highest BCUT2D eigenvalue weighted by Crippen LogP contribution is 2.26. The molecule has 2 aromatic heterocycles. The van der Waals surface area contributed by atoms with Gasteiger partial charge in [-0.25, -0.2) is 9.50 Å². The highest BCUT2D eigenvalue weighted by molar-refractivity contribution is 6.08. The Morgan fingerprint density at radius 3 is 2.86 bits per heavy atom. The molecule has 142 valence electrons. The number of amides is 2. The summed E-state index contributed by atoms with van der Waals surface area (Å²) in [5.74, 6) is -0.558. The summed E-state index contributed by atoms with van der Waals surface area (Å²) in [6.45, 7) is 4.60. The predicted octanol–water partition coefficient (Wildman–Crippen LogP) is 1.78. The summed E-state index contributed by atoms with van der Waals surface area (Å²) in [6, 6.07) is 10.5. The SMILES string of the molecule is C=CCN1CC(c2cc(=O)n3[nH]cc(C(=O)Nc4ccccc4)c3n2)CC1=O. The number of carbonyl (C=O) groups is 2. The van der Waals surface area contributed by atoms with Gasteiger partial charge in [0, 0.05) is 43.4 Å². The van der Waals surface area contributed by atoms with Crippen molar-refractivity contribution in [1.82, 2.24) is 19.5 Å². The van der Waals surface area contributed by atoms with Gasteiger partial charge in [-0.2, -0.15) is 0 Å². The third-order valence-corrected chi connectivity index (χ3v) is 4.78. The van der Waals surface area contributed by atoms with E-state index < -0.39 is 0 Å². The number of carbonyl (C=O) groups excluding carboxylic acids is 2. The smallest absolute Gasteiger partial charge is 0.272 e. The van der Waals surface area contributed by atoms with Gasteiger partial charge in [-0.05, 0) is 12.1 Å². The first-order chi connectivity index (χ1) is 13.6. The van der Waals surface area contributed by atoms with E-state index in [1.54, 1.807) is 23.1 Å². The van der Waals surface area contributed by atoms with Crippen molar-refractivity contribution in [1.29, 1.82) is 0 Å². The van der Waals surface area contributed by atoms with Gasteiger partial charge in [-0.3, -0.25) is 19.5 Å². The number of nitrogens with one attached hydrogen (secondary N) is 2. The molecule has 3 heterocycles. The van der Waals surface area contributed by atoms with Gasteiger partial charge >= 0.3 is 0 Å². The quantitative estimate of drug-likeness (QED) is 0.662. The summed E-state index contributed by atoms with van der Waals surface area (Å²) >= 11 is 0. The van der Waals surface area contributed by atoms with Gasteiger partial charge in [0.2, 0.25) is 5.91 Å². The van der Waals surface area contributed by atoms with Crippen LogP contribution in [0, 0.1) is 0 Å². The van der Waals surface area contributed by atoms with Gasteiger partial charge in [0.1, 0.15) is 5.56 Å². The van der Waals surface area contributed by atoms with E-state index in [-0.39, 0.29) is 40.9 Å².